The molecule has 31 heavy (non-hydrogen) atoms. The summed E-state index contributed by atoms with van der Waals surface area (Å²) in [7, 11) is 0. The third kappa shape index (κ3) is 5.23. The van der Waals surface area contributed by atoms with E-state index >= 15 is 0 Å². The summed E-state index contributed by atoms with van der Waals surface area (Å²) < 4.78 is 2.04. The maximum Gasteiger partial charge on any atom is 0.237 e. The van der Waals surface area contributed by atoms with Crippen LogP contribution in [0.5, 0.6) is 0 Å². The molecular formula is C26H32N4O. The fourth-order valence-corrected chi connectivity index (χ4v) is 4.49. The van der Waals surface area contributed by atoms with E-state index in [1.165, 1.54) is 11.1 Å². The first-order valence-corrected chi connectivity index (χ1v) is 11.2. The number of aromatic nitrogens is 2. The van der Waals surface area contributed by atoms with Crippen molar-refractivity contribution in [2.24, 2.45) is 0 Å². The Balaban J connectivity index is 1.40. The van der Waals surface area contributed by atoms with E-state index in [0.29, 0.717) is 6.54 Å². The second-order valence-electron chi connectivity index (χ2n) is 8.48. The molecule has 5 heteroatoms. The van der Waals surface area contributed by atoms with E-state index in [4.69, 9.17) is 5.10 Å². The van der Waals surface area contributed by atoms with Gasteiger partial charge in [-0.2, -0.15) is 5.10 Å². The Labute approximate surface area is 185 Å². The van der Waals surface area contributed by atoms with Crippen molar-refractivity contribution in [3.05, 3.63) is 88.7 Å². The van der Waals surface area contributed by atoms with Gasteiger partial charge in [-0.25, -0.2) is 0 Å². The molecule has 0 saturated carbocycles. The highest BCUT2D eigenvalue weighted by atomic mass is 16.2. The van der Waals surface area contributed by atoms with Crippen LogP contribution >= 0.6 is 0 Å². The van der Waals surface area contributed by atoms with Crippen LogP contribution in [0.1, 0.15) is 47.3 Å². The number of rotatable bonds is 7. The minimum atomic E-state index is -0.0612. The van der Waals surface area contributed by atoms with Gasteiger partial charge in [0, 0.05) is 24.3 Å². The maximum atomic E-state index is 13.1. The number of nitrogens with zero attached hydrogens (tertiary/aromatic N) is 3. The van der Waals surface area contributed by atoms with Crippen molar-refractivity contribution in [3.63, 3.8) is 0 Å². The molecule has 3 aromatic rings. The predicted octanol–water partition coefficient (Wildman–Crippen LogP) is 4.22. The summed E-state index contributed by atoms with van der Waals surface area (Å²) >= 11 is 0. The molecule has 2 heterocycles. The number of carbonyl (C=O) groups is 1. The number of hydrogen-bond acceptors (Lipinski definition) is 3. The maximum absolute atomic E-state index is 13.1. The molecule has 4 rings (SSSR count). The topological polar surface area (TPSA) is 50.2 Å². The molecule has 0 spiro atoms. The van der Waals surface area contributed by atoms with Gasteiger partial charge in [0.15, 0.2) is 0 Å². The summed E-state index contributed by atoms with van der Waals surface area (Å²) in [5, 5.41) is 7.93. The molecule has 5 nitrogen and oxygen atoms in total. The predicted molar refractivity (Wildman–Crippen MR) is 124 cm³/mol. The largest absolute Gasteiger partial charge is 0.351 e. The van der Waals surface area contributed by atoms with Crippen LogP contribution < -0.4 is 5.32 Å². The van der Waals surface area contributed by atoms with Gasteiger partial charge in [0.2, 0.25) is 5.91 Å². The molecule has 0 unspecified atom stereocenters. The van der Waals surface area contributed by atoms with E-state index in [2.05, 4.69) is 53.5 Å². The molecule has 1 N–H and O–H groups in total. The molecule has 1 fully saturated rings. The number of aryl methyl sites for hydroxylation is 1. The van der Waals surface area contributed by atoms with Crippen LogP contribution in [0.4, 0.5) is 0 Å². The van der Waals surface area contributed by atoms with Crippen molar-refractivity contribution < 1.29 is 4.79 Å². The van der Waals surface area contributed by atoms with Crippen LogP contribution in [0, 0.1) is 13.8 Å². The lowest BCUT2D eigenvalue weighted by atomic mass is 10.00. The SMILES string of the molecule is Cc1nn(Cc2ccccc2)c(C)c1CNC(=O)[C@H]1CCCCN1Cc1ccccc1. The minimum absolute atomic E-state index is 0.0612. The standard InChI is InChI=1S/C26H32N4O/c1-20-24(21(2)30(28-20)19-23-13-7-4-8-14-23)17-27-26(31)25-15-9-10-16-29(25)18-22-11-5-3-6-12-22/h3-8,11-14,25H,9-10,15-19H2,1-2H3,(H,27,31)/t25-/m1/s1. The molecule has 1 atom stereocenters. The zero-order chi connectivity index (χ0) is 21.6. The molecule has 0 bridgehead atoms. The molecule has 0 radical (unpaired) electrons. The fraction of sp³-hybridized carbons (Fsp3) is 0.385. The zero-order valence-corrected chi connectivity index (χ0v) is 18.6. The smallest absolute Gasteiger partial charge is 0.237 e. The second-order valence-corrected chi connectivity index (χ2v) is 8.48. The van der Waals surface area contributed by atoms with Crippen molar-refractivity contribution in [1.29, 1.82) is 0 Å². The summed E-state index contributed by atoms with van der Waals surface area (Å²) in [6.07, 6.45) is 3.18. The van der Waals surface area contributed by atoms with Gasteiger partial charge < -0.3 is 5.32 Å². The van der Waals surface area contributed by atoms with Crippen molar-refractivity contribution in [2.75, 3.05) is 6.54 Å². The second kappa shape index (κ2) is 9.92. The highest BCUT2D eigenvalue weighted by Gasteiger charge is 2.28. The van der Waals surface area contributed by atoms with E-state index in [1.807, 2.05) is 35.9 Å². The van der Waals surface area contributed by atoms with Gasteiger partial charge in [-0.3, -0.25) is 14.4 Å². The first kappa shape index (κ1) is 21.3. The Hall–Kier alpha value is -2.92. The highest BCUT2D eigenvalue weighted by molar-refractivity contribution is 5.81. The fourth-order valence-electron chi connectivity index (χ4n) is 4.49. The molecule has 162 valence electrons. The third-order valence-electron chi connectivity index (χ3n) is 6.29. The number of amides is 1. The van der Waals surface area contributed by atoms with Crippen molar-refractivity contribution in [1.82, 2.24) is 20.0 Å². The molecule has 0 aliphatic carbocycles. The van der Waals surface area contributed by atoms with Crippen LogP contribution in [-0.2, 0) is 24.4 Å². The minimum Gasteiger partial charge on any atom is -0.351 e. The number of benzene rings is 2. The van der Waals surface area contributed by atoms with Crippen LogP contribution in [0.3, 0.4) is 0 Å². The summed E-state index contributed by atoms with van der Waals surface area (Å²) in [5.74, 6) is 0.130. The van der Waals surface area contributed by atoms with Crippen molar-refractivity contribution >= 4 is 5.91 Å². The number of carbonyl (C=O) groups excluding carboxylic acids is 1. The Bertz CT molecular complexity index is 997. The Morgan fingerprint density at radius 3 is 2.29 bits per heavy atom. The molecule has 2 aromatic carbocycles. The van der Waals surface area contributed by atoms with E-state index in [1.54, 1.807) is 0 Å². The molecule has 1 aromatic heterocycles. The van der Waals surface area contributed by atoms with Gasteiger partial charge in [0.1, 0.15) is 0 Å². The van der Waals surface area contributed by atoms with Gasteiger partial charge >= 0.3 is 0 Å². The summed E-state index contributed by atoms with van der Waals surface area (Å²) in [6, 6.07) is 20.7. The van der Waals surface area contributed by atoms with Crippen LogP contribution in [0.15, 0.2) is 60.7 Å². The monoisotopic (exact) mass is 416 g/mol. The lowest BCUT2D eigenvalue weighted by molar-refractivity contribution is -0.128. The first-order valence-electron chi connectivity index (χ1n) is 11.2. The van der Waals surface area contributed by atoms with Crippen LogP contribution in [-0.4, -0.2) is 33.2 Å². The third-order valence-corrected chi connectivity index (χ3v) is 6.29. The lowest BCUT2D eigenvalue weighted by Gasteiger charge is -2.34. The number of hydrogen-bond donors (Lipinski definition) is 1. The Kier molecular flexibility index (Phi) is 6.82. The van der Waals surface area contributed by atoms with Crippen LogP contribution in [0.2, 0.25) is 0 Å². The number of nitrogens with one attached hydrogen (secondary N) is 1. The average molecular weight is 417 g/mol. The van der Waals surface area contributed by atoms with Crippen molar-refractivity contribution in [2.45, 2.75) is 58.8 Å². The highest BCUT2D eigenvalue weighted by Crippen LogP contribution is 2.21. The zero-order valence-electron chi connectivity index (χ0n) is 18.6. The van der Waals surface area contributed by atoms with Gasteiger partial charge in [0.05, 0.1) is 18.3 Å². The summed E-state index contributed by atoms with van der Waals surface area (Å²) in [4.78, 5) is 15.4. The first-order chi connectivity index (χ1) is 15.1. The van der Waals surface area contributed by atoms with Gasteiger partial charge in [-0.05, 0) is 44.4 Å². The van der Waals surface area contributed by atoms with E-state index < -0.39 is 0 Å². The quantitative estimate of drug-likeness (QED) is 0.627. The summed E-state index contributed by atoms with van der Waals surface area (Å²) in [5.41, 5.74) is 5.71. The average Bonchev–Trinajstić information content (AvgIpc) is 3.06. The lowest BCUT2D eigenvalue weighted by Crippen LogP contribution is -2.48. The van der Waals surface area contributed by atoms with Gasteiger partial charge in [0.25, 0.3) is 0 Å². The van der Waals surface area contributed by atoms with E-state index in [-0.39, 0.29) is 11.9 Å². The molecule has 1 aliphatic heterocycles. The van der Waals surface area contributed by atoms with Crippen molar-refractivity contribution in [3.8, 4) is 0 Å². The molecule has 1 saturated heterocycles. The molecular weight excluding hydrogens is 384 g/mol. The van der Waals surface area contributed by atoms with Gasteiger partial charge in [-0.15, -0.1) is 0 Å². The number of likely N-dealkylation sites (tertiary alicyclic amines) is 1. The molecule has 1 aliphatic rings. The summed E-state index contributed by atoms with van der Waals surface area (Å²) in [6.45, 7) is 7.19. The molecule has 1 amide bonds. The Morgan fingerprint density at radius 1 is 0.968 bits per heavy atom. The van der Waals surface area contributed by atoms with Gasteiger partial charge in [-0.1, -0.05) is 67.1 Å². The normalized spacial score (nSPS) is 16.9. The van der Waals surface area contributed by atoms with E-state index in [9.17, 15) is 4.79 Å². The van der Waals surface area contributed by atoms with Crippen LogP contribution in [0.25, 0.3) is 0 Å². The Morgan fingerprint density at radius 2 is 1.61 bits per heavy atom. The number of piperidine rings is 1. The van der Waals surface area contributed by atoms with E-state index in [0.717, 1.165) is 55.8 Å².